The van der Waals surface area contributed by atoms with E-state index in [1.54, 1.807) is 0 Å². The molecule has 0 rings (SSSR count). The van der Waals surface area contributed by atoms with Crippen molar-refractivity contribution in [1.82, 2.24) is 0 Å². The van der Waals surface area contributed by atoms with E-state index in [1.807, 2.05) is 20.8 Å². The van der Waals surface area contributed by atoms with Crippen LogP contribution in [-0.4, -0.2) is 26.0 Å². The fourth-order valence-corrected chi connectivity index (χ4v) is 3.70. The highest BCUT2D eigenvalue weighted by Gasteiger charge is 2.33. The molecule has 1 N–H and O–H groups in total. The Hall–Kier alpha value is -0.513. The molecule has 0 bridgehead atoms. The van der Waals surface area contributed by atoms with Crippen LogP contribution in [0.2, 0.25) is 5.54 Å². The standard InChI is InChI=1S/C9H20O3Si/c1-6(2)9(5,12-8(10)11)13-7(3)4/h6-7H,13H2,1-5H3,(H,10,11). The fourth-order valence-electron chi connectivity index (χ4n) is 1.41. The monoisotopic (exact) mass is 204 g/mol. The molecule has 0 aromatic carbocycles. The van der Waals surface area contributed by atoms with Gasteiger partial charge >= 0.3 is 6.16 Å². The first-order chi connectivity index (χ1) is 5.78. The SMILES string of the molecule is CC(C)[SiH2]C(C)(OC(=O)O)C(C)C. The highest BCUT2D eigenvalue weighted by molar-refractivity contribution is 6.41. The van der Waals surface area contributed by atoms with E-state index < -0.39 is 20.9 Å². The van der Waals surface area contributed by atoms with Crippen molar-refractivity contribution < 1.29 is 14.6 Å². The Morgan fingerprint density at radius 2 is 1.85 bits per heavy atom. The van der Waals surface area contributed by atoms with Crippen LogP contribution >= 0.6 is 0 Å². The molecule has 0 spiro atoms. The lowest BCUT2D eigenvalue weighted by Gasteiger charge is -2.33. The first-order valence-electron chi connectivity index (χ1n) is 4.70. The topological polar surface area (TPSA) is 46.5 Å². The normalized spacial score (nSPS) is 16.8. The Bertz CT molecular complexity index is 180. The molecule has 4 heteroatoms. The molecule has 0 radical (unpaired) electrons. The molecule has 0 saturated carbocycles. The van der Waals surface area contributed by atoms with Crippen molar-refractivity contribution in [3.63, 3.8) is 0 Å². The van der Waals surface area contributed by atoms with E-state index in [-0.39, 0.29) is 5.92 Å². The summed E-state index contributed by atoms with van der Waals surface area (Å²) in [5.74, 6) is 0.262. The van der Waals surface area contributed by atoms with Gasteiger partial charge in [-0.1, -0.05) is 33.2 Å². The number of carbonyl (C=O) groups is 1. The van der Waals surface area contributed by atoms with Gasteiger partial charge in [-0.15, -0.1) is 0 Å². The van der Waals surface area contributed by atoms with Crippen LogP contribution in [0.15, 0.2) is 0 Å². The number of carboxylic acid groups (broad SMARTS) is 1. The van der Waals surface area contributed by atoms with Crippen molar-refractivity contribution in [2.75, 3.05) is 0 Å². The lowest BCUT2D eigenvalue weighted by molar-refractivity contribution is 0.0134. The zero-order chi connectivity index (χ0) is 10.6. The highest BCUT2D eigenvalue weighted by atomic mass is 28.2. The summed E-state index contributed by atoms with van der Waals surface area (Å²) in [5.41, 5.74) is 0.576. The van der Waals surface area contributed by atoms with Crippen LogP contribution in [0.5, 0.6) is 0 Å². The minimum absolute atomic E-state index is 0.262. The van der Waals surface area contributed by atoms with Crippen molar-refractivity contribution in [3.8, 4) is 0 Å². The van der Waals surface area contributed by atoms with Gasteiger partial charge in [0.2, 0.25) is 0 Å². The number of ether oxygens (including phenoxy) is 1. The molecule has 0 saturated heterocycles. The third kappa shape index (κ3) is 4.31. The first-order valence-corrected chi connectivity index (χ1v) is 6.22. The molecule has 1 atom stereocenters. The van der Waals surface area contributed by atoms with Crippen LogP contribution in [-0.2, 0) is 4.74 Å². The van der Waals surface area contributed by atoms with Gasteiger partial charge in [0.15, 0.2) is 0 Å². The summed E-state index contributed by atoms with van der Waals surface area (Å²) in [6.45, 7) is 10.2. The number of hydrogen-bond acceptors (Lipinski definition) is 2. The molecule has 1 unspecified atom stereocenters. The Balaban J connectivity index is 4.43. The van der Waals surface area contributed by atoms with Gasteiger partial charge in [-0.2, -0.15) is 0 Å². The second-order valence-electron chi connectivity index (χ2n) is 4.43. The Labute approximate surface area is 82.3 Å². The molecule has 0 aliphatic heterocycles. The van der Waals surface area contributed by atoms with Gasteiger partial charge in [0.25, 0.3) is 0 Å². The largest absolute Gasteiger partial charge is 0.505 e. The molecule has 3 nitrogen and oxygen atoms in total. The van der Waals surface area contributed by atoms with Crippen molar-refractivity contribution >= 4 is 15.7 Å². The van der Waals surface area contributed by atoms with Gasteiger partial charge in [-0.3, -0.25) is 0 Å². The van der Waals surface area contributed by atoms with Crippen LogP contribution in [0.4, 0.5) is 4.79 Å². The lowest BCUT2D eigenvalue weighted by Crippen LogP contribution is -2.43. The number of hydrogen-bond donors (Lipinski definition) is 1. The van der Waals surface area contributed by atoms with Crippen LogP contribution in [0, 0.1) is 5.92 Å². The minimum Gasteiger partial charge on any atom is -0.450 e. The van der Waals surface area contributed by atoms with Gasteiger partial charge in [-0.05, 0) is 12.8 Å². The van der Waals surface area contributed by atoms with E-state index in [2.05, 4.69) is 13.8 Å². The molecular weight excluding hydrogens is 184 g/mol. The van der Waals surface area contributed by atoms with E-state index in [0.717, 1.165) is 0 Å². The first kappa shape index (κ1) is 12.5. The van der Waals surface area contributed by atoms with Crippen LogP contribution in [0.1, 0.15) is 34.6 Å². The summed E-state index contributed by atoms with van der Waals surface area (Å²) in [6, 6.07) is 0. The Morgan fingerprint density at radius 3 is 2.08 bits per heavy atom. The van der Waals surface area contributed by atoms with Crippen molar-refractivity contribution in [2.45, 2.75) is 45.4 Å². The predicted octanol–water partition coefficient (Wildman–Crippen LogP) is 2.05. The molecule has 78 valence electrons. The van der Waals surface area contributed by atoms with Crippen LogP contribution in [0.3, 0.4) is 0 Å². The van der Waals surface area contributed by atoms with E-state index in [0.29, 0.717) is 5.54 Å². The Kier molecular flexibility index (Phi) is 4.46. The summed E-state index contributed by atoms with van der Waals surface area (Å²) in [6.07, 6.45) is -1.15. The molecule has 0 aromatic rings. The second kappa shape index (κ2) is 4.65. The molecule has 0 fully saturated rings. The van der Waals surface area contributed by atoms with Gasteiger partial charge in [-0.25, -0.2) is 4.79 Å². The fraction of sp³-hybridized carbons (Fsp3) is 0.889. The van der Waals surface area contributed by atoms with Gasteiger partial charge in [0.05, 0.1) is 14.7 Å². The molecule has 0 amide bonds. The van der Waals surface area contributed by atoms with Crippen molar-refractivity contribution in [2.24, 2.45) is 5.92 Å². The number of rotatable bonds is 4. The quantitative estimate of drug-likeness (QED) is 0.563. The minimum atomic E-state index is -1.15. The molecule has 0 heterocycles. The average Bonchev–Trinajstić information content (AvgIpc) is 1.82. The maximum absolute atomic E-state index is 10.5. The van der Waals surface area contributed by atoms with Crippen molar-refractivity contribution in [3.05, 3.63) is 0 Å². The maximum Gasteiger partial charge on any atom is 0.505 e. The summed E-state index contributed by atoms with van der Waals surface area (Å²) in [5, 5.41) is 8.19. The van der Waals surface area contributed by atoms with E-state index in [9.17, 15) is 4.79 Å². The highest BCUT2D eigenvalue weighted by Crippen LogP contribution is 2.24. The van der Waals surface area contributed by atoms with E-state index in [4.69, 9.17) is 9.84 Å². The second-order valence-corrected chi connectivity index (χ2v) is 7.88. The third-order valence-electron chi connectivity index (χ3n) is 2.36. The molecule has 13 heavy (non-hydrogen) atoms. The summed E-state index contributed by atoms with van der Waals surface area (Å²) in [4.78, 5) is 10.5. The summed E-state index contributed by atoms with van der Waals surface area (Å²) in [7, 11) is -0.530. The van der Waals surface area contributed by atoms with Crippen LogP contribution in [0.25, 0.3) is 0 Å². The molecule has 0 aliphatic rings. The van der Waals surface area contributed by atoms with Crippen molar-refractivity contribution in [1.29, 1.82) is 0 Å². The molecule has 0 aliphatic carbocycles. The lowest BCUT2D eigenvalue weighted by atomic mass is 10.1. The smallest absolute Gasteiger partial charge is 0.450 e. The zero-order valence-corrected chi connectivity index (χ0v) is 10.5. The predicted molar refractivity (Wildman–Crippen MR) is 56.0 cm³/mol. The van der Waals surface area contributed by atoms with Gasteiger partial charge in [0.1, 0.15) is 0 Å². The molecular formula is C9H20O3Si. The third-order valence-corrected chi connectivity index (χ3v) is 4.94. The summed E-state index contributed by atoms with van der Waals surface area (Å²) >= 11 is 0. The van der Waals surface area contributed by atoms with Gasteiger partial charge < -0.3 is 9.84 Å². The zero-order valence-electron chi connectivity index (χ0n) is 9.13. The maximum atomic E-state index is 10.5. The summed E-state index contributed by atoms with van der Waals surface area (Å²) < 4.78 is 4.99. The van der Waals surface area contributed by atoms with E-state index in [1.165, 1.54) is 0 Å². The van der Waals surface area contributed by atoms with Crippen LogP contribution < -0.4 is 0 Å². The Morgan fingerprint density at radius 1 is 1.38 bits per heavy atom. The van der Waals surface area contributed by atoms with E-state index >= 15 is 0 Å². The van der Waals surface area contributed by atoms with Gasteiger partial charge in [0, 0.05) is 0 Å². The average molecular weight is 204 g/mol. The molecule has 0 aromatic heterocycles.